The molecule has 0 spiro atoms. The molecule has 0 unspecified atom stereocenters. The van der Waals surface area contributed by atoms with Crippen molar-refractivity contribution in [3.63, 3.8) is 0 Å². The van der Waals surface area contributed by atoms with Crippen LogP contribution in [0.4, 0.5) is 16.8 Å². The molecule has 2 N–H and O–H groups in total. The fourth-order valence-electron chi connectivity index (χ4n) is 3.97. The molecule has 11 nitrogen and oxygen atoms in total. The number of nitrogens with one attached hydrogen (secondary N) is 1. The lowest BCUT2D eigenvalue weighted by molar-refractivity contribution is -0.380. The van der Waals surface area contributed by atoms with Gasteiger partial charge >= 0.3 is 11.0 Å². The third-order valence-corrected chi connectivity index (χ3v) is 6.72. The molecule has 1 fully saturated rings. The van der Waals surface area contributed by atoms with Gasteiger partial charge < -0.3 is 24.8 Å². The molecule has 33 heavy (non-hydrogen) atoms. The zero-order chi connectivity index (χ0) is 22.9. The molecular weight excluding hydrogens is 450 g/mol. The first-order chi connectivity index (χ1) is 16.0. The molecular formula is C21H21N5O6S. The molecule has 0 atom stereocenters. The summed E-state index contributed by atoms with van der Waals surface area (Å²) in [7, 11) is 0. The van der Waals surface area contributed by atoms with Crippen LogP contribution in [-0.2, 0) is 11.3 Å². The standard InChI is InChI=1S/C21H21N5O6S/c27-20(28)13-3-5-25(6-4-13)21-23-18(14-10-17(26(29)30)33-19(14)24-21)22-11-12-1-2-15-16(9-12)32-8-7-31-15/h1-2,9-10,13H,3-8,11H2,(H,27,28)(H,22,23,24). The Morgan fingerprint density at radius 1 is 1.21 bits per heavy atom. The monoisotopic (exact) mass is 471 g/mol. The molecule has 3 aromatic rings. The predicted molar refractivity (Wildman–Crippen MR) is 121 cm³/mol. The summed E-state index contributed by atoms with van der Waals surface area (Å²) in [5, 5.41) is 24.4. The van der Waals surface area contributed by atoms with Gasteiger partial charge in [-0.25, -0.2) is 4.98 Å². The van der Waals surface area contributed by atoms with Crippen molar-refractivity contribution in [1.29, 1.82) is 0 Å². The molecule has 0 saturated carbocycles. The number of thiophene rings is 1. The van der Waals surface area contributed by atoms with Crippen LogP contribution in [0.2, 0.25) is 0 Å². The fraction of sp³-hybridized carbons (Fsp3) is 0.381. The third-order valence-electron chi connectivity index (χ3n) is 5.74. The molecule has 0 radical (unpaired) electrons. The van der Waals surface area contributed by atoms with Crippen molar-refractivity contribution in [1.82, 2.24) is 9.97 Å². The lowest BCUT2D eigenvalue weighted by Gasteiger charge is -2.30. The lowest BCUT2D eigenvalue weighted by Crippen LogP contribution is -2.37. The Labute approximate surface area is 192 Å². The molecule has 1 aromatic carbocycles. The Morgan fingerprint density at radius 3 is 2.70 bits per heavy atom. The molecule has 0 aliphatic carbocycles. The second kappa shape index (κ2) is 8.70. The summed E-state index contributed by atoms with van der Waals surface area (Å²) in [5.41, 5.74) is 0.944. The van der Waals surface area contributed by atoms with Gasteiger partial charge in [0.15, 0.2) is 11.5 Å². The second-order valence-electron chi connectivity index (χ2n) is 7.86. The van der Waals surface area contributed by atoms with Crippen LogP contribution in [0.5, 0.6) is 11.5 Å². The first-order valence-corrected chi connectivity index (χ1v) is 11.4. The van der Waals surface area contributed by atoms with Gasteiger partial charge in [0.05, 0.1) is 16.2 Å². The molecule has 4 heterocycles. The predicted octanol–water partition coefficient (Wildman–Crippen LogP) is 3.28. The second-order valence-corrected chi connectivity index (χ2v) is 8.87. The number of carboxylic acids is 1. The van der Waals surface area contributed by atoms with Gasteiger partial charge in [0.25, 0.3) is 0 Å². The number of aliphatic carboxylic acids is 1. The average Bonchev–Trinajstić information content (AvgIpc) is 3.27. The number of rotatable bonds is 6. The number of carbonyl (C=O) groups is 1. The van der Waals surface area contributed by atoms with E-state index in [1.165, 1.54) is 6.07 Å². The van der Waals surface area contributed by atoms with Crippen molar-refractivity contribution in [3.8, 4) is 11.5 Å². The highest BCUT2D eigenvalue weighted by atomic mass is 32.1. The van der Waals surface area contributed by atoms with Crippen molar-refractivity contribution in [3.05, 3.63) is 39.9 Å². The van der Waals surface area contributed by atoms with E-state index in [1.807, 2.05) is 23.1 Å². The van der Waals surface area contributed by atoms with Crippen LogP contribution in [0, 0.1) is 16.0 Å². The van der Waals surface area contributed by atoms with E-state index in [-0.39, 0.29) is 10.9 Å². The molecule has 5 rings (SSSR count). The first-order valence-electron chi connectivity index (χ1n) is 10.5. The van der Waals surface area contributed by atoms with Gasteiger partial charge in [-0.3, -0.25) is 14.9 Å². The van der Waals surface area contributed by atoms with Gasteiger partial charge in [-0.1, -0.05) is 6.07 Å². The normalized spacial score (nSPS) is 16.1. The summed E-state index contributed by atoms with van der Waals surface area (Å²) >= 11 is 0.996. The molecule has 2 aliphatic rings. The third kappa shape index (κ3) is 4.33. The number of nitro groups is 1. The van der Waals surface area contributed by atoms with E-state index in [9.17, 15) is 20.0 Å². The van der Waals surface area contributed by atoms with Crippen LogP contribution in [0.15, 0.2) is 24.3 Å². The van der Waals surface area contributed by atoms with E-state index in [0.29, 0.717) is 79.2 Å². The van der Waals surface area contributed by atoms with E-state index in [2.05, 4.69) is 15.3 Å². The minimum absolute atomic E-state index is 0.0107. The van der Waals surface area contributed by atoms with E-state index in [1.54, 1.807) is 0 Å². The summed E-state index contributed by atoms with van der Waals surface area (Å²) in [4.78, 5) is 33.8. The first kappa shape index (κ1) is 21.2. The Bertz CT molecular complexity index is 1220. The van der Waals surface area contributed by atoms with Crippen LogP contribution >= 0.6 is 11.3 Å². The fourth-order valence-corrected chi connectivity index (χ4v) is 4.82. The highest BCUT2D eigenvalue weighted by Crippen LogP contribution is 2.36. The van der Waals surface area contributed by atoms with Gasteiger partial charge in [0.1, 0.15) is 23.9 Å². The van der Waals surface area contributed by atoms with Gasteiger partial charge in [-0.2, -0.15) is 4.98 Å². The van der Waals surface area contributed by atoms with Crippen molar-refractivity contribution < 1.29 is 24.3 Å². The summed E-state index contributed by atoms with van der Waals surface area (Å²) in [6.07, 6.45) is 1.00. The van der Waals surface area contributed by atoms with Crippen LogP contribution in [-0.4, -0.2) is 52.3 Å². The number of fused-ring (bicyclic) bond motifs is 2. The Hall–Kier alpha value is -3.67. The minimum Gasteiger partial charge on any atom is -0.486 e. The number of aromatic nitrogens is 2. The SMILES string of the molecule is O=C(O)C1CCN(c2nc(NCc3ccc4c(c3)OCCO4)c3cc([N+](=O)[O-])sc3n2)CC1. The Balaban J connectivity index is 1.42. The number of anilines is 2. The zero-order valence-electron chi connectivity index (χ0n) is 17.5. The number of hydrogen-bond donors (Lipinski definition) is 2. The molecule has 2 aliphatic heterocycles. The molecule has 0 bridgehead atoms. The maximum absolute atomic E-state index is 11.3. The molecule has 172 valence electrons. The Morgan fingerprint density at radius 2 is 1.97 bits per heavy atom. The van der Waals surface area contributed by atoms with Gasteiger partial charge in [-0.15, -0.1) is 0 Å². The van der Waals surface area contributed by atoms with E-state index < -0.39 is 10.9 Å². The summed E-state index contributed by atoms with van der Waals surface area (Å²) < 4.78 is 11.2. The van der Waals surface area contributed by atoms with Gasteiger partial charge in [0, 0.05) is 25.7 Å². The number of piperidine rings is 1. The van der Waals surface area contributed by atoms with Gasteiger partial charge in [0.2, 0.25) is 5.95 Å². The number of benzene rings is 1. The van der Waals surface area contributed by atoms with Crippen LogP contribution in [0.25, 0.3) is 10.2 Å². The summed E-state index contributed by atoms with van der Waals surface area (Å²) in [6.45, 7) is 2.46. The van der Waals surface area contributed by atoms with E-state index in [0.717, 1.165) is 16.9 Å². The Kier molecular flexibility index (Phi) is 5.58. The maximum Gasteiger partial charge on any atom is 0.326 e. The van der Waals surface area contributed by atoms with E-state index >= 15 is 0 Å². The van der Waals surface area contributed by atoms with Crippen molar-refractivity contribution in [2.75, 3.05) is 36.5 Å². The number of nitrogens with zero attached hydrogens (tertiary/aromatic N) is 4. The quantitative estimate of drug-likeness (QED) is 0.406. The van der Waals surface area contributed by atoms with Crippen molar-refractivity contribution in [2.45, 2.75) is 19.4 Å². The smallest absolute Gasteiger partial charge is 0.326 e. The summed E-state index contributed by atoms with van der Waals surface area (Å²) in [6, 6.07) is 7.15. The molecule has 12 heteroatoms. The average molecular weight is 471 g/mol. The van der Waals surface area contributed by atoms with Crippen molar-refractivity contribution in [2.24, 2.45) is 5.92 Å². The van der Waals surface area contributed by atoms with E-state index in [4.69, 9.17) is 9.47 Å². The molecule has 1 saturated heterocycles. The maximum atomic E-state index is 11.3. The number of hydrogen-bond acceptors (Lipinski definition) is 10. The molecule has 2 aromatic heterocycles. The lowest BCUT2D eigenvalue weighted by atomic mass is 9.97. The number of ether oxygens (including phenoxy) is 2. The topological polar surface area (TPSA) is 140 Å². The van der Waals surface area contributed by atoms with Gasteiger partial charge in [-0.05, 0) is 41.9 Å². The summed E-state index contributed by atoms with van der Waals surface area (Å²) in [5.74, 6) is 1.15. The highest BCUT2D eigenvalue weighted by molar-refractivity contribution is 7.21. The zero-order valence-corrected chi connectivity index (χ0v) is 18.3. The van der Waals surface area contributed by atoms with Crippen molar-refractivity contribution >= 4 is 44.3 Å². The van der Waals surface area contributed by atoms with Crippen LogP contribution in [0.3, 0.4) is 0 Å². The minimum atomic E-state index is -0.790. The number of carboxylic acid groups (broad SMARTS) is 1. The highest BCUT2D eigenvalue weighted by Gasteiger charge is 2.27. The van der Waals surface area contributed by atoms with Crippen LogP contribution < -0.4 is 19.7 Å². The largest absolute Gasteiger partial charge is 0.486 e. The van der Waals surface area contributed by atoms with Crippen LogP contribution in [0.1, 0.15) is 18.4 Å². The molecule has 0 amide bonds.